The van der Waals surface area contributed by atoms with Gasteiger partial charge in [-0.3, -0.25) is 0 Å². The number of ether oxygens (including phenoxy) is 1. The number of esters is 1. The molecule has 102 valence electrons. The maximum absolute atomic E-state index is 11.9. The van der Waals surface area contributed by atoms with E-state index < -0.39 is 6.04 Å². The molecule has 4 heteroatoms. The Morgan fingerprint density at radius 3 is 2.42 bits per heavy atom. The lowest BCUT2D eigenvalue weighted by Gasteiger charge is -2.15. The number of fused-ring (bicyclic) bond motifs is 1. The summed E-state index contributed by atoms with van der Waals surface area (Å²) in [5.74, 6) is -0.388. The van der Waals surface area contributed by atoms with Crippen LogP contribution in [0.4, 0.5) is 0 Å². The smallest absolute Gasteiger partial charge is 0.327 e. The van der Waals surface area contributed by atoms with Gasteiger partial charge in [-0.05, 0) is 30.2 Å². The zero-order valence-electron chi connectivity index (χ0n) is 11.0. The Bertz CT molecular complexity index is 564. The molecular formula is C15H18ClNO2. The van der Waals surface area contributed by atoms with Gasteiger partial charge in [-0.2, -0.15) is 0 Å². The van der Waals surface area contributed by atoms with Crippen LogP contribution in [0.3, 0.4) is 0 Å². The number of hydrogen-bond acceptors (Lipinski definition) is 3. The lowest BCUT2D eigenvalue weighted by Crippen LogP contribution is -2.26. The van der Waals surface area contributed by atoms with E-state index in [1.54, 1.807) is 0 Å². The van der Waals surface area contributed by atoms with E-state index in [0.717, 1.165) is 16.3 Å². The maximum atomic E-state index is 11.9. The zero-order chi connectivity index (χ0) is 13.1. The summed E-state index contributed by atoms with van der Waals surface area (Å²) in [6.07, 6.45) is -0.154. The minimum atomic E-state index is -0.738. The second kappa shape index (κ2) is 6.55. The first kappa shape index (κ1) is 15.5. The SMILES string of the molecule is CC(C)OC(=O)C(N)c1cccc2ccccc12.Cl. The number of nitrogens with two attached hydrogens (primary N) is 1. The van der Waals surface area contributed by atoms with E-state index in [4.69, 9.17) is 10.5 Å². The first-order valence-electron chi connectivity index (χ1n) is 6.03. The summed E-state index contributed by atoms with van der Waals surface area (Å²) in [6.45, 7) is 3.63. The first-order valence-corrected chi connectivity index (χ1v) is 6.03. The predicted octanol–water partition coefficient (Wildman–Crippen LogP) is 3.21. The number of halogens is 1. The molecule has 0 fully saturated rings. The van der Waals surface area contributed by atoms with Crippen LogP contribution in [-0.2, 0) is 9.53 Å². The van der Waals surface area contributed by atoms with E-state index in [0.29, 0.717) is 0 Å². The minimum Gasteiger partial charge on any atom is -0.462 e. The fourth-order valence-electron chi connectivity index (χ4n) is 1.95. The quantitative estimate of drug-likeness (QED) is 0.878. The third kappa shape index (κ3) is 3.46. The molecule has 2 aromatic carbocycles. The fourth-order valence-corrected chi connectivity index (χ4v) is 1.95. The highest BCUT2D eigenvalue weighted by molar-refractivity contribution is 5.90. The van der Waals surface area contributed by atoms with Gasteiger partial charge in [-0.1, -0.05) is 42.5 Å². The van der Waals surface area contributed by atoms with E-state index in [9.17, 15) is 4.79 Å². The van der Waals surface area contributed by atoms with Gasteiger partial charge in [0.15, 0.2) is 0 Å². The van der Waals surface area contributed by atoms with Gasteiger partial charge in [-0.15, -0.1) is 12.4 Å². The number of hydrogen-bond donors (Lipinski definition) is 1. The third-order valence-corrected chi connectivity index (χ3v) is 2.76. The molecule has 2 N–H and O–H groups in total. The third-order valence-electron chi connectivity index (χ3n) is 2.76. The summed E-state index contributed by atoms with van der Waals surface area (Å²) in [5, 5.41) is 2.07. The van der Waals surface area contributed by atoms with E-state index in [1.165, 1.54) is 0 Å². The maximum Gasteiger partial charge on any atom is 0.327 e. The Hall–Kier alpha value is -1.58. The normalized spacial score (nSPS) is 12.0. The Labute approximate surface area is 119 Å². The fraction of sp³-hybridized carbons (Fsp3) is 0.267. The van der Waals surface area contributed by atoms with E-state index >= 15 is 0 Å². The van der Waals surface area contributed by atoms with Crippen LogP contribution in [0.15, 0.2) is 42.5 Å². The molecule has 0 saturated heterocycles. The molecule has 0 bridgehead atoms. The van der Waals surface area contributed by atoms with Crippen molar-refractivity contribution in [2.24, 2.45) is 5.73 Å². The minimum absolute atomic E-state index is 0. The summed E-state index contributed by atoms with van der Waals surface area (Å²) < 4.78 is 5.15. The van der Waals surface area contributed by atoms with Crippen molar-refractivity contribution in [3.8, 4) is 0 Å². The molecule has 2 rings (SSSR count). The van der Waals surface area contributed by atoms with Crippen LogP contribution in [0.2, 0.25) is 0 Å². The molecule has 19 heavy (non-hydrogen) atoms. The number of benzene rings is 2. The summed E-state index contributed by atoms with van der Waals surface area (Å²) in [5.41, 5.74) is 6.78. The number of carbonyl (C=O) groups is 1. The van der Waals surface area contributed by atoms with Crippen LogP contribution in [0.5, 0.6) is 0 Å². The standard InChI is InChI=1S/C15H17NO2.ClH/c1-10(2)18-15(17)14(16)13-9-5-7-11-6-3-4-8-12(11)13;/h3-10,14H,16H2,1-2H3;1H. The Balaban J connectivity index is 0.00000180. The Morgan fingerprint density at radius 2 is 1.74 bits per heavy atom. The van der Waals surface area contributed by atoms with Crippen LogP contribution >= 0.6 is 12.4 Å². The molecule has 0 saturated carbocycles. The van der Waals surface area contributed by atoms with Gasteiger partial charge in [0.2, 0.25) is 0 Å². The van der Waals surface area contributed by atoms with Crippen molar-refractivity contribution in [3.63, 3.8) is 0 Å². The van der Waals surface area contributed by atoms with Crippen molar-refractivity contribution < 1.29 is 9.53 Å². The second-order valence-electron chi connectivity index (χ2n) is 4.53. The second-order valence-corrected chi connectivity index (χ2v) is 4.53. The van der Waals surface area contributed by atoms with Crippen LogP contribution in [-0.4, -0.2) is 12.1 Å². The lowest BCUT2D eigenvalue weighted by atomic mass is 9.99. The van der Waals surface area contributed by atoms with Crippen molar-refractivity contribution in [2.45, 2.75) is 26.0 Å². The molecule has 0 amide bonds. The summed E-state index contributed by atoms with van der Waals surface area (Å²) >= 11 is 0. The van der Waals surface area contributed by atoms with Gasteiger partial charge < -0.3 is 10.5 Å². The molecule has 0 radical (unpaired) electrons. The van der Waals surface area contributed by atoms with E-state index in [-0.39, 0.29) is 24.5 Å². The molecule has 0 spiro atoms. The number of rotatable bonds is 3. The molecule has 0 aliphatic rings. The van der Waals surface area contributed by atoms with Crippen molar-refractivity contribution in [1.29, 1.82) is 0 Å². The monoisotopic (exact) mass is 279 g/mol. The lowest BCUT2D eigenvalue weighted by molar-refractivity contribution is -0.149. The average Bonchev–Trinajstić information content (AvgIpc) is 2.36. The highest BCUT2D eigenvalue weighted by Gasteiger charge is 2.20. The summed E-state index contributed by atoms with van der Waals surface area (Å²) in [6, 6.07) is 12.9. The molecule has 0 heterocycles. The zero-order valence-corrected chi connectivity index (χ0v) is 11.8. The average molecular weight is 280 g/mol. The van der Waals surface area contributed by atoms with Crippen LogP contribution < -0.4 is 5.73 Å². The molecule has 1 unspecified atom stereocenters. The van der Waals surface area contributed by atoms with Crippen molar-refractivity contribution in [1.82, 2.24) is 0 Å². The van der Waals surface area contributed by atoms with Crippen molar-refractivity contribution in [2.75, 3.05) is 0 Å². The van der Waals surface area contributed by atoms with Crippen molar-refractivity contribution in [3.05, 3.63) is 48.0 Å². The van der Waals surface area contributed by atoms with Crippen LogP contribution in [0.1, 0.15) is 25.5 Å². The van der Waals surface area contributed by atoms with Gasteiger partial charge in [0.05, 0.1) is 6.10 Å². The highest BCUT2D eigenvalue weighted by Crippen LogP contribution is 2.23. The summed E-state index contributed by atoms with van der Waals surface area (Å²) in [4.78, 5) is 11.9. The van der Waals surface area contributed by atoms with Crippen LogP contribution in [0, 0.1) is 0 Å². The van der Waals surface area contributed by atoms with E-state index in [2.05, 4.69) is 0 Å². The molecule has 0 aliphatic carbocycles. The van der Waals surface area contributed by atoms with Gasteiger partial charge in [-0.25, -0.2) is 4.79 Å². The van der Waals surface area contributed by atoms with Gasteiger partial charge >= 0.3 is 5.97 Å². The molecular weight excluding hydrogens is 262 g/mol. The molecule has 0 aliphatic heterocycles. The Morgan fingerprint density at radius 1 is 1.11 bits per heavy atom. The van der Waals surface area contributed by atoms with Gasteiger partial charge in [0.25, 0.3) is 0 Å². The van der Waals surface area contributed by atoms with Crippen LogP contribution in [0.25, 0.3) is 10.8 Å². The first-order chi connectivity index (χ1) is 8.59. The topological polar surface area (TPSA) is 52.3 Å². The predicted molar refractivity (Wildman–Crippen MR) is 79.4 cm³/mol. The van der Waals surface area contributed by atoms with Gasteiger partial charge in [0, 0.05) is 0 Å². The molecule has 1 atom stereocenters. The highest BCUT2D eigenvalue weighted by atomic mass is 35.5. The van der Waals surface area contributed by atoms with E-state index in [1.807, 2.05) is 56.3 Å². The summed E-state index contributed by atoms with van der Waals surface area (Å²) in [7, 11) is 0. The molecule has 2 aromatic rings. The number of carbonyl (C=O) groups excluding carboxylic acids is 1. The van der Waals surface area contributed by atoms with Gasteiger partial charge in [0.1, 0.15) is 6.04 Å². The Kier molecular flexibility index (Phi) is 5.33. The van der Waals surface area contributed by atoms with Crippen molar-refractivity contribution >= 4 is 29.1 Å². The molecule has 3 nitrogen and oxygen atoms in total. The molecule has 0 aromatic heterocycles. The largest absolute Gasteiger partial charge is 0.462 e.